The molecule has 0 aromatic carbocycles. The predicted molar refractivity (Wildman–Crippen MR) is 91.0 cm³/mol. The van der Waals surface area contributed by atoms with Gasteiger partial charge in [-0.3, -0.25) is 9.69 Å². The summed E-state index contributed by atoms with van der Waals surface area (Å²) in [5.74, 6) is 3.57. The predicted octanol–water partition coefficient (Wildman–Crippen LogP) is 2.21. The topological polar surface area (TPSA) is 49.6 Å². The van der Waals surface area contributed by atoms with E-state index in [1.807, 2.05) is 4.90 Å². The van der Waals surface area contributed by atoms with Crippen LogP contribution in [0.5, 0.6) is 0 Å². The number of carbonyl (C=O) groups excluding carboxylic acids is 1. The Bertz CT molecular complexity index is 568. The molecule has 1 amide bonds. The summed E-state index contributed by atoms with van der Waals surface area (Å²) in [7, 11) is 0. The van der Waals surface area contributed by atoms with E-state index in [2.05, 4.69) is 21.8 Å². The highest BCUT2D eigenvalue weighted by Crippen LogP contribution is 2.26. The molecule has 0 saturated carbocycles. The van der Waals surface area contributed by atoms with Gasteiger partial charge in [-0.15, -0.1) is 0 Å². The molecule has 0 bridgehead atoms. The normalized spacial score (nSPS) is 26.1. The van der Waals surface area contributed by atoms with Crippen LogP contribution in [0.3, 0.4) is 0 Å². The summed E-state index contributed by atoms with van der Waals surface area (Å²) in [6.45, 7) is 3.78. The molecule has 1 aliphatic carbocycles. The van der Waals surface area contributed by atoms with E-state index in [0.717, 1.165) is 75.6 Å². The molecular formula is C17H25N3O2S. The minimum absolute atomic E-state index is 0.0829. The monoisotopic (exact) mass is 335 g/mol. The second kappa shape index (κ2) is 6.85. The first kappa shape index (κ1) is 15.5. The van der Waals surface area contributed by atoms with Crippen LogP contribution in [0.1, 0.15) is 47.5 Å². The first-order valence-corrected chi connectivity index (χ1v) is 10.1. The van der Waals surface area contributed by atoms with Crippen LogP contribution in [-0.2, 0) is 12.8 Å². The molecule has 1 unspecified atom stereocenters. The quantitative estimate of drug-likeness (QED) is 0.829. The van der Waals surface area contributed by atoms with E-state index >= 15 is 0 Å². The maximum atomic E-state index is 12.9. The Hall–Kier alpha value is -1.01. The molecule has 1 atom stereocenters. The Balaban J connectivity index is 1.43. The third-order valence-electron chi connectivity index (χ3n) is 5.39. The van der Waals surface area contributed by atoms with E-state index in [9.17, 15) is 4.79 Å². The molecule has 0 radical (unpaired) electrons. The van der Waals surface area contributed by atoms with E-state index in [-0.39, 0.29) is 5.91 Å². The lowest BCUT2D eigenvalue weighted by atomic mass is 9.96. The number of hydrogen-bond donors (Lipinski definition) is 0. The molecule has 1 aromatic heterocycles. The number of amides is 1. The van der Waals surface area contributed by atoms with Gasteiger partial charge in [-0.1, -0.05) is 5.16 Å². The van der Waals surface area contributed by atoms with Gasteiger partial charge in [-0.25, -0.2) is 0 Å². The molecule has 5 nitrogen and oxygen atoms in total. The largest absolute Gasteiger partial charge is 0.360 e. The van der Waals surface area contributed by atoms with Gasteiger partial charge in [-0.05, 0) is 37.9 Å². The lowest BCUT2D eigenvalue weighted by Gasteiger charge is -2.26. The van der Waals surface area contributed by atoms with Gasteiger partial charge >= 0.3 is 0 Å². The molecule has 2 aliphatic heterocycles. The fourth-order valence-corrected chi connectivity index (χ4v) is 5.27. The van der Waals surface area contributed by atoms with E-state index in [1.54, 1.807) is 0 Å². The molecule has 6 heteroatoms. The minimum atomic E-state index is 0.0829. The van der Waals surface area contributed by atoms with Crippen LogP contribution in [0.4, 0.5) is 0 Å². The zero-order chi connectivity index (χ0) is 15.6. The molecule has 126 valence electrons. The highest BCUT2D eigenvalue weighted by molar-refractivity contribution is 7.99. The number of aryl methyl sites for hydroxylation is 1. The van der Waals surface area contributed by atoms with Gasteiger partial charge < -0.3 is 9.42 Å². The highest BCUT2D eigenvalue weighted by atomic mass is 32.2. The summed E-state index contributed by atoms with van der Waals surface area (Å²) < 4.78 is 5.42. The Morgan fingerprint density at radius 1 is 1.13 bits per heavy atom. The van der Waals surface area contributed by atoms with Gasteiger partial charge in [0.2, 0.25) is 0 Å². The van der Waals surface area contributed by atoms with Crippen molar-refractivity contribution in [1.29, 1.82) is 0 Å². The second-order valence-electron chi connectivity index (χ2n) is 6.84. The van der Waals surface area contributed by atoms with Crippen LogP contribution in [-0.4, -0.2) is 64.6 Å². The summed E-state index contributed by atoms with van der Waals surface area (Å²) in [5.41, 5.74) is 1.67. The third-order valence-corrected chi connectivity index (χ3v) is 6.54. The van der Waals surface area contributed by atoms with Crippen LogP contribution in [0.2, 0.25) is 0 Å². The fourth-order valence-electron chi connectivity index (χ4n) is 4.02. The van der Waals surface area contributed by atoms with Crippen LogP contribution in [0, 0.1) is 0 Å². The van der Waals surface area contributed by atoms with Gasteiger partial charge in [0.25, 0.3) is 5.91 Å². The van der Waals surface area contributed by atoms with Crippen LogP contribution in [0.15, 0.2) is 4.52 Å². The molecule has 23 heavy (non-hydrogen) atoms. The summed E-state index contributed by atoms with van der Waals surface area (Å²) in [6, 6.07) is 0.717. The van der Waals surface area contributed by atoms with Crippen molar-refractivity contribution >= 4 is 17.7 Å². The van der Waals surface area contributed by atoms with Crippen LogP contribution in [0.25, 0.3) is 0 Å². The zero-order valence-corrected chi connectivity index (χ0v) is 14.4. The molecular weight excluding hydrogens is 310 g/mol. The first-order chi connectivity index (χ1) is 11.3. The lowest BCUT2D eigenvalue weighted by Crippen LogP contribution is -2.39. The van der Waals surface area contributed by atoms with E-state index in [1.165, 1.54) is 17.9 Å². The summed E-state index contributed by atoms with van der Waals surface area (Å²) >= 11 is 2.06. The minimum Gasteiger partial charge on any atom is -0.360 e. The van der Waals surface area contributed by atoms with Crippen molar-refractivity contribution in [3.8, 4) is 0 Å². The Morgan fingerprint density at radius 3 is 2.91 bits per heavy atom. The highest BCUT2D eigenvalue weighted by Gasteiger charge is 2.30. The van der Waals surface area contributed by atoms with Crippen molar-refractivity contribution in [2.75, 3.05) is 37.7 Å². The van der Waals surface area contributed by atoms with Crippen molar-refractivity contribution in [1.82, 2.24) is 15.0 Å². The number of carbonyl (C=O) groups is 1. The van der Waals surface area contributed by atoms with Crippen molar-refractivity contribution in [3.63, 3.8) is 0 Å². The second-order valence-corrected chi connectivity index (χ2v) is 7.99. The smallest absolute Gasteiger partial charge is 0.276 e. The molecule has 3 heterocycles. The number of hydrogen-bond acceptors (Lipinski definition) is 5. The summed E-state index contributed by atoms with van der Waals surface area (Å²) in [5, 5.41) is 4.12. The third kappa shape index (κ3) is 3.15. The number of thioether (sulfide) groups is 1. The van der Waals surface area contributed by atoms with E-state index in [4.69, 9.17) is 4.52 Å². The van der Waals surface area contributed by atoms with Crippen molar-refractivity contribution in [3.05, 3.63) is 17.0 Å². The van der Waals surface area contributed by atoms with Crippen molar-refractivity contribution in [2.45, 2.75) is 44.6 Å². The Labute approximate surface area is 141 Å². The zero-order valence-electron chi connectivity index (χ0n) is 13.6. The average molecular weight is 335 g/mol. The molecule has 3 aliphatic rings. The van der Waals surface area contributed by atoms with Crippen molar-refractivity contribution in [2.24, 2.45) is 0 Å². The lowest BCUT2D eigenvalue weighted by molar-refractivity contribution is 0.0747. The van der Waals surface area contributed by atoms with Gasteiger partial charge in [-0.2, -0.15) is 11.8 Å². The summed E-state index contributed by atoms with van der Waals surface area (Å²) in [4.78, 5) is 17.5. The number of fused-ring (bicyclic) bond motifs is 1. The molecule has 0 spiro atoms. The maximum Gasteiger partial charge on any atom is 0.276 e. The van der Waals surface area contributed by atoms with Gasteiger partial charge in [0, 0.05) is 50.0 Å². The number of aromatic nitrogens is 1. The molecule has 2 fully saturated rings. The SMILES string of the molecule is O=C(c1noc2c1CCCC2)N1CCCN(C2CCSC2)CC1. The Morgan fingerprint density at radius 2 is 2.04 bits per heavy atom. The maximum absolute atomic E-state index is 12.9. The molecule has 0 N–H and O–H groups in total. The number of rotatable bonds is 2. The van der Waals surface area contributed by atoms with Crippen molar-refractivity contribution < 1.29 is 9.32 Å². The van der Waals surface area contributed by atoms with Gasteiger partial charge in [0.15, 0.2) is 5.69 Å². The average Bonchev–Trinajstić information content (AvgIpc) is 3.19. The Kier molecular flexibility index (Phi) is 4.62. The molecule has 2 saturated heterocycles. The van der Waals surface area contributed by atoms with E-state index in [0.29, 0.717) is 5.69 Å². The standard InChI is InChI=1S/C17H25N3O2S/c21-17(16-14-4-1-2-5-15(14)22-18-16)20-8-3-7-19(9-10-20)13-6-11-23-12-13/h13H,1-12H2. The number of nitrogens with zero attached hydrogens (tertiary/aromatic N) is 3. The molecule has 1 aromatic rings. The van der Waals surface area contributed by atoms with Crippen LogP contribution < -0.4 is 0 Å². The molecule has 4 rings (SSSR count). The first-order valence-electron chi connectivity index (χ1n) is 8.91. The van der Waals surface area contributed by atoms with E-state index < -0.39 is 0 Å². The summed E-state index contributed by atoms with van der Waals surface area (Å²) in [6.07, 6.45) is 6.53. The van der Waals surface area contributed by atoms with Crippen LogP contribution >= 0.6 is 11.8 Å². The fraction of sp³-hybridized carbons (Fsp3) is 0.765. The van der Waals surface area contributed by atoms with Gasteiger partial charge in [0.1, 0.15) is 5.76 Å². The van der Waals surface area contributed by atoms with Gasteiger partial charge in [0.05, 0.1) is 0 Å².